The van der Waals surface area contributed by atoms with E-state index in [0.717, 1.165) is 44.7 Å². The minimum Gasteiger partial charge on any atom is -0.334 e. The fourth-order valence-corrected chi connectivity index (χ4v) is 4.99. The van der Waals surface area contributed by atoms with E-state index in [0.29, 0.717) is 13.0 Å². The third-order valence-corrected chi connectivity index (χ3v) is 6.24. The molecule has 0 aromatic carbocycles. The Labute approximate surface area is 134 Å². The van der Waals surface area contributed by atoms with Crippen LogP contribution in [-0.4, -0.2) is 54.1 Å². The number of hydrogen-bond acceptors (Lipinski definition) is 2. The third kappa shape index (κ3) is 3.47. The lowest BCUT2D eigenvalue weighted by Gasteiger charge is -2.38. The van der Waals surface area contributed by atoms with Crippen LogP contribution < -0.4 is 0 Å². The summed E-state index contributed by atoms with van der Waals surface area (Å²) in [4.78, 5) is 16.6. The molecule has 1 saturated carbocycles. The van der Waals surface area contributed by atoms with Crippen molar-refractivity contribution in [1.82, 2.24) is 9.80 Å². The van der Waals surface area contributed by atoms with Gasteiger partial charge < -0.3 is 9.80 Å². The van der Waals surface area contributed by atoms with Gasteiger partial charge in [-0.15, -0.1) is 0 Å². The minimum atomic E-state index is -0.403. The van der Waals surface area contributed by atoms with Gasteiger partial charge >= 0.3 is 0 Å². The molecule has 1 spiro atoms. The first-order valence-electron chi connectivity index (χ1n) is 9.32. The van der Waals surface area contributed by atoms with Crippen molar-refractivity contribution in [3.05, 3.63) is 0 Å². The summed E-state index contributed by atoms with van der Waals surface area (Å²) in [6, 6.07) is 0. The fourth-order valence-electron chi connectivity index (χ4n) is 4.99. The van der Waals surface area contributed by atoms with Gasteiger partial charge in [-0.2, -0.15) is 0 Å². The minimum absolute atomic E-state index is 0.0233. The molecule has 0 unspecified atom stereocenters. The van der Waals surface area contributed by atoms with E-state index in [1.54, 1.807) is 0 Å². The molecule has 0 N–H and O–H groups in total. The number of likely N-dealkylation sites (tertiary alicyclic amines) is 2. The molecule has 2 saturated heterocycles. The molecular formula is C18H31FN2O. The van der Waals surface area contributed by atoms with Crippen LogP contribution in [0, 0.1) is 5.92 Å². The molecule has 4 heteroatoms. The van der Waals surface area contributed by atoms with Crippen LogP contribution >= 0.6 is 0 Å². The highest BCUT2D eigenvalue weighted by Gasteiger charge is 2.45. The Morgan fingerprint density at radius 1 is 1.05 bits per heavy atom. The lowest BCUT2D eigenvalue weighted by molar-refractivity contribution is -0.131. The van der Waals surface area contributed by atoms with Gasteiger partial charge in [0.1, 0.15) is 6.67 Å². The Morgan fingerprint density at radius 3 is 2.64 bits per heavy atom. The van der Waals surface area contributed by atoms with Crippen molar-refractivity contribution in [3.63, 3.8) is 0 Å². The smallest absolute Gasteiger partial charge is 0.223 e. The average Bonchev–Trinajstić information content (AvgIpc) is 2.72. The normalized spacial score (nSPS) is 31.9. The van der Waals surface area contributed by atoms with Crippen LogP contribution in [0.25, 0.3) is 0 Å². The van der Waals surface area contributed by atoms with Gasteiger partial charge in [-0.3, -0.25) is 4.79 Å². The molecule has 2 heterocycles. The van der Waals surface area contributed by atoms with Gasteiger partial charge in [0, 0.05) is 31.6 Å². The third-order valence-electron chi connectivity index (χ3n) is 6.24. The largest absolute Gasteiger partial charge is 0.334 e. The van der Waals surface area contributed by atoms with Crippen LogP contribution in [0.2, 0.25) is 0 Å². The summed E-state index contributed by atoms with van der Waals surface area (Å²) in [6.07, 6.45) is 11.9. The van der Waals surface area contributed by atoms with Gasteiger partial charge in [-0.1, -0.05) is 19.3 Å². The van der Waals surface area contributed by atoms with E-state index in [4.69, 9.17) is 0 Å². The van der Waals surface area contributed by atoms with E-state index in [2.05, 4.69) is 4.90 Å². The molecule has 3 nitrogen and oxygen atoms in total. The maximum atomic E-state index is 12.8. The van der Waals surface area contributed by atoms with Crippen molar-refractivity contribution >= 4 is 5.91 Å². The van der Waals surface area contributed by atoms with Crippen LogP contribution in [0.5, 0.6) is 0 Å². The first-order chi connectivity index (χ1) is 10.7. The quantitative estimate of drug-likeness (QED) is 0.795. The van der Waals surface area contributed by atoms with Gasteiger partial charge in [0.05, 0.1) is 0 Å². The molecule has 0 bridgehead atoms. The Hall–Kier alpha value is -0.640. The molecule has 22 heavy (non-hydrogen) atoms. The molecule has 2 aliphatic heterocycles. The van der Waals surface area contributed by atoms with E-state index >= 15 is 0 Å². The van der Waals surface area contributed by atoms with Crippen molar-refractivity contribution in [2.45, 2.75) is 69.7 Å². The number of amides is 1. The highest BCUT2D eigenvalue weighted by atomic mass is 19.1. The number of alkyl halides is 1. The first-order valence-corrected chi connectivity index (χ1v) is 9.32. The van der Waals surface area contributed by atoms with Crippen LogP contribution in [0.15, 0.2) is 0 Å². The van der Waals surface area contributed by atoms with Crippen molar-refractivity contribution in [2.24, 2.45) is 5.92 Å². The Kier molecular flexibility index (Phi) is 5.37. The van der Waals surface area contributed by atoms with Crippen molar-refractivity contribution in [2.75, 3.05) is 32.9 Å². The number of carbonyl (C=O) groups is 1. The lowest BCUT2D eigenvalue weighted by atomic mass is 9.87. The second kappa shape index (κ2) is 7.29. The second-order valence-electron chi connectivity index (χ2n) is 7.62. The summed E-state index contributed by atoms with van der Waals surface area (Å²) < 4.78 is 12.8. The van der Waals surface area contributed by atoms with Crippen LogP contribution in [0.3, 0.4) is 0 Å². The van der Waals surface area contributed by atoms with Gasteiger partial charge in [0.2, 0.25) is 5.91 Å². The van der Waals surface area contributed by atoms with E-state index < -0.39 is 6.67 Å². The molecule has 0 aromatic heterocycles. The molecule has 126 valence electrons. The van der Waals surface area contributed by atoms with E-state index in [1.165, 1.54) is 38.6 Å². The van der Waals surface area contributed by atoms with E-state index in [-0.39, 0.29) is 11.4 Å². The molecule has 1 atom stereocenters. The Morgan fingerprint density at radius 2 is 1.86 bits per heavy atom. The monoisotopic (exact) mass is 310 g/mol. The maximum absolute atomic E-state index is 12.8. The summed E-state index contributed by atoms with van der Waals surface area (Å²) in [6.45, 7) is 3.40. The summed E-state index contributed by atoms with van der Waals surface area (Å²) in [5, 5.41) is 0. The number of hydrogen-bond donors (Lipinski definition) is 0. The van der Waals surface area contributed by atoms with Gasteiger partial charge in [0.15, 0.2) is 0 Å². The van der Waals surface area contributed by atoms with Crippen LogP contribution in [-0.2, 0) is 4.79 Å². The number of carbonyl (C=O) groups excluding carboxylic acids is 1. The van der Waals surface area contributed by atoms with Gasteiger partial charge in [-0.05, 0) is 51.0 Å². The van der Waals surface area contributed by atoms with Crippen molar-refractivity contribution < 1.29 is 9.18 Å². The number of nitrogens with zero attached hydrogens (tertiary/aromatic N) is 2. The molecule has 3 fully saturated rings. The lowest BCUT2D eigenvalue weighted by Crippen LogP contribution is -2.47. The van der Waals surface area contributed by atoms with Crippen molar-refractivity contribution in [3.8, 4) is 0 Å². The molecule has 3 rings (SSSR count). The fraction of sp³-hybridized carbons (Fsp3) is 0.944. The standard InChI is InChI=1S/C18H31FN2O/c19-11-14-21-17(22)7-9-18(21)8-4-12-20(13-10-18)15-16-5-2-1-3-6-16/h16H,1-15H2/t18-/m0/s1. The SMILES string of the molecule is O=C1CC[C@]2(CCCN(CC3CCCCC3)CC2)N1CCF. The maximum Gasteiger partial charge on any atom is 0.223 e. The van der Waals surface area contributed by atoms with Gasteiger partial charge in [0.25, 0.3) is 0 Å². The van der Waals surface area contributed by atoms with Crippen LogP contribution in [0.4, 0.5) is 4.39 Å². The molecule has 1 aliphatic carbocycles. The highest BCUT2D eigenvalue weighted by molar-refractivity contribution is 5.79. The van der Waals surface area contributed by atoms with E-state index in [9.17, 15) is 9.18 Å². The van der Waals surface area contributed by atoms with Gasteiger partial charge in [-0.25, -0.2) is 4.39 Å². The second-order valence-corrected chi connectivity index (χ2v) is 7.62. The molecule has 1 amide bonds. The number of halogens is 1. The highest BCUT2D eigenvalue weighted by Crippen LogP contribution is 2.39. The zero-order valence-corrected chi connectivity index (χ0v) is 13.9. The average molecular weight is 310 g/mol. The number of rotatable bonds is 4. The topological polar surface area (TPSA) is 23.6 Å². The molecule has 0 aromatic rings. The predicted octanol–water partition coefficient (Wildman–Crippen LogP) is 3.38. The zero-order chi connectivity index (χ0) is 15.4. The Balaban J connectivity index is 1.58. The van der Waals surface area contributed by atoms with E-state index in [1.807, 2.05) is 4.90 Å². The molecular weight excluding hydrogens is 279 g/mol. The summed E-state index contributed by atoms with van der Waals surface area (Å²) in [5.74, 6) is 1.06. The molecule has 0 radical (unpaired) electrons. The van der Waals surface area contributed by atoms with Crippen LogP contribution in [0.1, 0.15) is 64.2 Å². The van der Waals surface area contributed by atoms with Crippen molar-refractivity contribution in [1.29, 1.82) is 0 Å². The predicted molar refractivity (Wildman–Crippen MR) is 86.5 cm³/mol. The summed E-state index contributed by atoms with van der Waals surface area (Å²) in [7, 11) is 0. The molecule has 3 aliphatic rings. The Bertz CT molecular complexity index is 383. The zero-order valence-electron chi connectivity index (χ0n) is 13.9. The first kappa shape index (κ1) is 16.2. The summed E-state index contributed by atoms with van der Waals surface area (Å²) in [5.41, 5.74) is -0.0233. The summed E-state index contributed by atoms with van der Waals surface area (Å²) >= 11 is 0.